The van der Waals surface area contributed by atoms with Gasteiger partial charge in [-0.1, -0.05) is 30.7 Å². The van der Waals surface area contributed by atoms with Crippen molar-refractivity contribution in [1.29, 1.82) is 5.41 Å². The molecule has 1 aliphatic carbocycles. The molecule has 1 fully saturated rings. The summed E-state index contributed by atoms with van der Waals surface area (Å²) in [7, 11) is 0. The molecule has 12 nitrogen and oxygen atoms in total. The van der Waals surface area contributed by atoms with Crippen LogP contribution in [0.2, 0.25) is 5.02 Å². The van der Waals surface area contributed by atoms with E-state index in [9.17, 15) is 27.2 Å². The van der Waals surface area contributed by atoms with Crippen LogP contribution in [0.5, 0.6) is 0 Å². The first-order chi connectivity index (χ1) is 24.7. The zero-order valence-corrected chi connectivity index (χ0v) is 29.9. The van der Waals surface area contributed by atoms with E-state index in [-0.39, 0.29) is 38.9 Å². The molecule has 3 N–H and O–H groups in total. The quantitative estimate of drug-likeness (QED) is 0.164. The highest BCUT2D eigenvalue weighted by Crippen LogP contribution is 2.53. The number of hydrogen-bond acceptors (Lipinski definition) is 8. The molecule has 1 unspecified atom stereocenters. The lowest BCUT2D eigenvalue weighted by Crippen LogP contribution is -2.62. The minimum Gasteiger partial charge on any atom is -0.447 e. The Morgan fingerprint density at radius 2 is 1.83 bits per heavy atom. The Labute approximate surface area is 305 Å². The third kappa shape index (κ3) is 7.59. The molecule has 2 amide bonds. The van der Waals surface area contributed by atoms with Gasteiger partial charge < -0.3 is 15.4 Å². The molecule has 3 heterocycles. The minimum atomic E-state index is -3.13. The van der Waals surface area contributed by atoms with E-state index in [1.54, 1.807) is 12.1 Å². The molecule has 0 bridgehead atoms. The van der Waals surface area contributed by atoms with Crippen molar-refractivity contribution in [2.24, 2.45) is 5.41 Å². The van der Waals surface area contributed by atoms with Gasteiger partial charge in [-0.2, -0.15) is 18.6 Å². The van der Waals surface area contributed by atoms with Gasteiger partial charge in [0.15, 0.2) is 17.6 Å². The fraction of sp³-hybridized carbons (Fsp3) is 0.441. The summed E-state index contributed by atoms with van der Waals surface area (Å²) in [4.78, 5) is 40.7. The maximum absolute atomic E-state index is 16.6. The summed E-state index contributed by atoms with van der Waals surface area (Å²) in [5.41, 5.74) is -7.91. The number of nitrogens with zero attached hydrogens (tertiary/aromatic N) is 6. The third-order valence-electron chi connectivity index (χ3n) is 9.18. The summed E-state index contributed by atoms with van der Waals surface area (Å²) >= 11 is 6.39. The number of benzene rings is 1. The molecular formula is C34H36ClF6N9O3. The highest BCUT2D eigenvalue weighted by atomic mass is 35.5. The van der Waals surface area contributed by atoms with E-state index in [1.165, 1.54) is 51.4 Å². The highest BCUT2D eigenvalue weighted by Gasteiger charge is 2.65. The molecule has 1 aromatic carbocycles. The standard InChI is InChI=1S/C34H36ClF6N9O3/c1-31(2,41)16-34(33(5)10-9-19(14-23(33)36)24-43-11-6-12-44-24)27(51)49(29(42)47-34)22(15-53-30(52)48-32(3,4)26(37)38)18-7-8-21(35)20(13-18)25-45-17-46-50(25)28(39)40/h6-9,11-14,17,22,26,28H,10,15-16H2,1-5H3,(H2,42,47)(H,48,52)/t22-,33?,34+/m1/s1. The number of halogens is 7. The van der Waals surface area contributed by atoms with Crippen molar-refractivity contribution in [3.8, 4) is 11.4 Å². The molecule has 2 aliphatic rings. The van der Waals surface area contributed by atoms with Crippen LogP contribution in [0.15, 0.2) is 61.0 Å². The zero-order valence-electron chi connectivity index (χ0n) is 29.1. The van der Waals surface area contributed by atoms with Gasteiger partial charge in [-0.15, -0.1) is 0 Å². The molecule has 0 saturated carbocycles. The van der Waals surface area contributed by atoms with Crippen LogP contribution in [-0.4, -0.2) is 77.4 Å². The van der Waals surface area contributed by atoms with Crippen LogP contribution < -0.4 is 10.6 Å². The number of aromatic nitrogens is 5. The second kappa shape index (κ2) is 14.4. The summed E-state index contributed by atoms with van der Waals surface area (Å²) in [6.07, 6.45) is 1.37. The number of rotatable bonds is 12. The summed E-state index contributed by atoms with van der Waals surface area (Å²) < 4.78 is 92.7. The molecule has 3 atom stereocenters. The average Bonchev–Trinajstić information content (AvgIpc) is 3.66. The number of allylic oxidation sites excluding steroid dienone is 3. The minimum absolute atomic E-state index is 0.0394. The molecule has 1 aliphatic heterocycles. The Morgan fingerprint density at radius 3 is 2.43 bits per heavy atom. The SMILES string of the molecule is CC(C)(F)C[C@]1(C2(C)CC=C(c3ncccn3)C=C2F)NC(=N)N([C@H](COC(=O)NC(C)(C)C(F)F)c2ccc(Cl)c(-c3ncnn3C(F)F)c2)C1=O. The molecule has 0 radical (unpaired) electrons. The average molecular weight is 768 g/mol. The van der Waals surface area contributed by atoms with Gasteiger partial charge in [0, 0.05) is 30.0 Å². The number of amides is 2. The van der Waals surface area contributed by atoms with E-state index in [0.29, 0.717) is 5.57 Å². The van der Waals surface area contributed by atoms with Crippen molar-refractivity contribution in [2.75, 3.05) is 6.61 Å². The monoisotopic (exact) mass is 767 g/mol. The number of guanidine groups is 1. The number of alkyl carbamates (subject to hydrolysis) is 1. The molecule has 5 rings (SSSR count). The third-order valence-corrected chi connectivity index (χ3v) is 9.50. The van der Waals surface area contributed by atoms with Crippen LogP contribution >= 0.6 is 11.6 Å². The van der Waals surface area contributed by atoms with Crippen molar-refractivity contribution in [2.45, 2.75) is 83.2 Å². The second-order valence-electron chi connectivity index (χ2n) is 14.0. The van der Waals surface area contributed by atoms with Crippen LogP contribution in [-0.2, 0) is 9.53 Å². The van der Waals surface area contributed by atoms with Gasteiger partial charge in [0.2, 0.25) is 0 Å². The van der Waals surface area contributed by atoms with Gasteiger partial charge in [0.05, 0.1) is 22.0 Å². The summed E-state index contributed by atoms with van der Waals surface area (Å²) in [5, 5.41) is 17.3. The Balaban J connectivity index is 1.61. The van der Waals surface area contributed by atoms with Gasteiger partial charge in [0.1, 0.15) is 30.0 Å². The summed E-state index contributed by atoms with van der Waals surface area (Å²) in [5.74, 6) is -2.66. The van der Waals surface area contributed by atoms with Crippen LogP contribution in [0.1, 0.15) is 71.4 Å². The number of ether oxygens (including phenoxy) is 1. The van der Waals surface area contributed by atoms with Crippen LogP contribution in [0.3, 0.4) is 0 Å². The summed E-state index contributed by atoms with van der Waals surface area (Å²) in [6.45, 7) is 1.93. The van der Waals surface area contributed by atoms with Gasteiger partial charge in [-0.3, -0.25) is 15.1 Å². The zero-order chi connectivity index (χ0) is 39.1. The lowest BCUT2D eigenvalue weighted by Gasteiger charge is -2.46. The van der Waals surface area contributed by atoms with E-state index in [0.717, 1.165) is 31.2 Å². The van der Waals surface area contributed by atoms with Crippen LogP contribution in [0.25, 0.3) is 17.0 Å². The fourth-order valence-corrected chi connectivity index (χ4v) is 6.53. The van der Waals surface area contributed by atoms with Crippen molar-refractivity contribution in [1.82, 2.24) is 40.3 Å². The molecule has 284 valence electrons. The highest BCUT2D eigenvalue weighted by molar-refractivity contribution is 6.33. The topological polar surface area (TPSA) is 151 Å². The summed E-state index contributed by atoms with van der Waals surface area (Å²) in [6, 6.07) is 3.95. The first kappa shape index (κ1) is 39.2. The van der Waals surface area contributed by atoms with Gasteiger partial charge >= 0.3 is 12.6 Å². The largest absolute Gasteiger partial charge is 0.447 e. The fourth-order valence-electron chi connectivity index (χ4n) is 6.32. The maximum atomic E-state index is 16.6. The number of alkyl halides is 5. The van der Waals surface area contributed by atoms with E-state index < -0.39 is 78.0 Å². The molecule has 53 heavy (non-hydrogen) atoms. The van der Waals surface area contributed by atoms with E-state index in [2.05, 4.69) is 25.4 Å². The van der Waals surface area contributed by atoms with E-state index in [4.69, 9.17) is 21.7 Å². The Morgan fingerprint density at radius 1 is 1.15 bits per heavy atom. The molecular weight excluding hydrogens is 732 g/mol. The first-order valence-corrected chi connectivity index (χ1v) is 16.5. The predicted octanol–water partition coefficient (Wildman–Crippen LogP) is 7.19. The Kier molecular flexibility index (Phi) is 10.7. The van der Waals surface area contributed by atoms with E-state index in [1.807, 2.05) is 5.32 Å². The lowest BCUT2D eigenvalue weighted by atomic mass is 9.62. The predicted molar refractivity (Wildman–Crippen MR) is 181 cm³/mol. The lowest BCUT2D eigenvalue weighted by molar-refractivity contribution is -0.139. The number of hydrogen-bond donors (Lipinski definition) is 3. The van der Waals surface area contributed by atoms with Crippen molar-refractivity contribution in [3.05, 3.63) is 77.4 Å². The Hall–Kier alpha value is -5.00. The van der Waals surface area contributed by atoms with Crippen molar-refractivity contribution >= 4 is 35.1 Å². The molecule has 19 heteroatoms. The Bertz CT molecular complexity index is 1950. The smallest absolute Gasteiger partial charge is 0.407 e. The molecule has 1 saturated heterocycles. The number of nitrogens with one attached hydrogen (secondary N) is 3. The van der Waals surface area contributed by atoms with Gasteiger partial charge in [-0.05, 0) is 64.0 Å². The van der Waals surface area contributed by atoms with Crippen molar-refractivity contribution < 1.29 is 40.7 Å². The first-order valence-electron chi connectivity index (χ1n) is 16.2. The van der Waals surface area contributed by atoms with Gasteiger partial charge in [-0.25, -0.2) is 37.3 Å². The number of carbonyl (C=O) groups is 2. The van der Waals surface area contributed by atoms with Crippen LogP contribution in [0, 0.1) is 10.8 Å². The normalized spacial score (nSPS) is 21.4. The van der Waals surface area contributed by atoms with Gasteiger partial charge in [0.25, 0.3) is 12.3 Å². The van der Waals surface area contributed by atoms with Crippen molar-refractivity contribution in [3.63, 3.8) is 0 Å². The van der Waals surface area contributed by atoms with Crippen LogP contribution in [0.4, 0.5) is 31.1 Å². The molecule has 2 aromatic heterocycles. The van der Waals surface area contributed by atoms with E-state index >= 15 is 8.78 Å². The second-order valence-corrected chi connectivity index (χ2v) is 14.4. The molecule has 3 aromatic rings. The molecule has 0 spiro atoms. The maximum Gasteiger partial charge on any atom is 0.407 e. The number of carbonyl (C=O) groups excluding carboxylic acids is 2.